The van der Waals surface area contributed by atoms with Crippen LogP contribution in [0, 0.1) is 0 Å². The van der Waals surface area contributed by atoms with Gasteiger partial charge in [0.25, 0.3) is 0 Å². The fourth-order valence-electron chi connectivity index (χ4n) is 10.2. The summed E-state index contributed by atoms with van der Waals surface area (Å²) in [7, 11) is 0. The van der Waals surface area contributed by atoms with E-state index in [4.69, 9.17) is 0 Å². The Hall–Kier alpha value is -5.60. The number of benzene rings is 7. The van der Waals surface area contributed by atoms with E-state index in [0.29, 0.717) is 0 Å². The molecule has 0 radical (unpaired) electrons. The van der Waals surface area contributed by atoms with Crippen LogP contribution >= 0.6 is 0 Å². The minimum absolute atomic E-state index is 0.0236. The SMILES string of the molecule is CCCC1(CC)c2cc(C=Cc3ccc4c(ccc5cc(N6CCCc7ccccc76)ccc54)c3)ccc2-c2ccc(N3CCCc4ccccc43)cc21. The van der Waals surface area contributed by atoms with Crippen molar-refractivity contribution in [1.82, 2.24) is 0 Å². The third-order valence-corrected chi connectivity index (χ3v) is 12.8. The van der Waals surface area contributed by atoms with Gasteiger partial charge in [-0.1, -0.05) is 123 Å². The summed E-state index contributed by atoms with van der Waals surface area (Å²) in [6.45, 7) is 6.88. The standard InChI is InChI=1S/C52H48N2/c1-3-29-52(4-2)48-33-37(20-26-46(48)47-28-24-43(35-49(47)52)54-31-10-14-39-12-6-8-16-51(39)54)18-17-36-19-25-44-40(32-36)21-22-41-34-42(23-27-45(41)44)53-30-9-13-38-11-5-7-15-50(38)53/h5-8,11-12,15-28,32-35H,3-4,9-10,13-14,29-31H2,1-2H3. The molecule has 7 aromatic rings. The van der Waals surface area contributed by atoms with Crippen LogP contribution < -0.4 is 9.80 Å². The van der Waals surface area contributed by atoms with Crippen molar-refractivity contribution in [2.24, 2.45) is 0 Å². The van der Waals surface area contributed by atoms with Gasteiger partial charge in [0.2, 0.25) is 0 Å². The summed E-state index contributed by atoms with van der Waals surface area (Å²) >= 11 is 0. The predicted molar refractivity (Wildman–Crippen MR) is 232 cm³/mol. The Bertz CT molecular complexity index is 2590. The Morgan fingerprint density at radius 1 is 0.537 bits per heavy atom. The summed E-state index contributed by atoms with van der Waals surface area (Å²) in [5, 5.41) is 5.20. The zero-order valence-corrected chi connectivity index (χ0v) is 31.6. The molecule has 0 N–H and O–H groups in total. The molecule has 3 aliphatic rings. The smallest absolute Gasteiger partial charge is 0.0443 e. The Morgan fingerprint density at radius 2 is 1.07 bits per heavy atom. The molecule has 7 aromatic carbocycles. The topological polar surface area (TPSA) is 6.48 Å². The molecule has 1 unspecified atom stereocenters. The number of rotatable bonds is 7. The van der Waals surface area contributed by atoms with Crippen molar-refractivity contribution in [3.63, 3.8) is 0 Å². The van der Waals surface area contributed by atoms with Crippen molar-refractivity contribution in [2.75, 3.05) is 22.9 Å². The molecule has 0 fully saturated rings. The van der Waals surface area contributed by atoms with Crippen LogP contribution in [0.2, 0.25) is 0 Å². The highest BCUT2D eigenvalue weighted by atomic mass is 15.1. The maximum Gasteiger partial charge on any atom is 0.0443 e. The van der Waals surface area contributed by atoms with Gasteiger partial charge in [0.1, 0.15) is 0 Å². The van der Waals surface area contributed by atoms with Crippen LogP contribution in [0.4, 0.5) is 22.7 Å². The van der Waals surface area contributed by atoms with Gasteiger partial charge in [0, 0.05) is 41.3 Å². The average Bonchev–Trinajstić information content (AvgIpc) is 3.50. The van der Waals surface area contributed by atoms with Crippen molar-refractivity contribution >= 4 is 56.4 Å². The maximum atomic E-state index is 2.56. The Labute approximate surface area is 320 Å². The zero-order valence-electron chi connectivity index (χ0n) is 31.6. The number of nitrogens with zero attached hydrogens (tertiary/aromatic N) is 2. The summed E-state index contributed by atoms with van der Waals surface area (Å²) in [6, 6.07) is 50.9. The van der Waals surface area contributed by atoms with Crippen LogP contribution in [-0.2, 0) is 18.3 Å². The third kappa shape index (κ3) is 5.37. The second-order valence-electron chi connectivity index (χ2n) is 15.8. The number of anilines is 4. The van der Waals surface area contributed by atoms with Gasteiger partial charge in [-0.2, -0.15) is 0 Å². The number of aryl methyl sites for hydroxylation is 2. The van der Waals surface area contributed by atoms with Crippen LogP contribution in [0.3, 0.4) is 0 Å². The lowest BCUT2D eigenvalue weighted by Gasteiger charge is -2.34. The molecule has 0 saturated heterocycles. The maximum absolute atomic E-state index is 2.56. The molecule has 0 saturated carbocycles. The van der Waals surface area contributed by atoms with E-state index in [1.54, 1.807) is 0 Å². The third-order valence-electron chi connectivity index (χ3n) is 12.8. The summed E-state index contributed by atoms with van der Waals surface area (Å²) < 4.78 is 0. The lowest BCUT2D eigenvalue weighted by Crippen LogP contribution is -2.26. The van der Waals surface area contributed by atoms with E-state index in [2.05, 4.69) is 169 Å². The number of fused-ring (bicyclic) bond motifs is 8. The largest absolute Gasteiger partial charge is 0.341 e. The Balaban J connectivity index is 0.950. The minimum atomic E-state index is 0.0236. The number of hydrogen-bond acceptors (Lipinski definition) is 2. The van der Waals surface area contributed by atoms with Gasteiger partial charge in [-0.05, 0) is 147 Å². The van der Waals surface area contributed by atoms with Gasteiger partial charge < -0.3 is 9.80 Å². The summed E-state index contributed by atoms with van der Waals surface area (Å²) in [5.41, 5.74) is 16.6. The molecule has 1 atom stereocenters. The van der Waals surface area contributed by atoms with Gasteiger partial charge in [-0.25, -0.2) is 0 Å². The second-order valence-corrected chi connectivity index (χ2v) is 15.8. The fourth-order valence-corrected chi connectivity index (χ4v) is 10.2. The normalized spacial score (nSPS) is 17.5. The van der Waals surface area contributed by atoms with Gasteiger partial charge in [0.15, 0.2) is 0 Å². The van der Waals surface area contributed by atoms with E-state index >= 15 is 0 Å². The van der Waals surface area contributed by atoms with E-state index in [-0.39, 0.29) is 5.41 Å². The molecule has 1 aliphatic carbocycles. The van der Waals surface area contributed by atoms with Crippen molar-refractivity contribution in [3.05, 3.63) is 167 Å². The van der Waals surface area contributed by atoms with Crippen LogP contribution in [0.5, 0.6) is 0 Å². The zero-order chi connectivity index (χ0) is 36.2. The van der Waals surface area contributed by atoms with Crippen molar-refractivity contribution in [3.8, 4) is 11.1 Å². The molecule has 54 heavy (non-hydrogen) atoms. The van der Waals surface area contributed by atoms with E-state index in [1.165, 1.54) is 108 Å². The highest BCUT2D eigenvalue weighted by molar-refractivity contribution is 6.09. The van der Waals surface area contributed by atoms with E-state index in [9.17, 15) is 0 Å². The summed E-state index contributed by atoms with van der Waals surface area (Å²) in [6.07, 6.45) is 12.7. The monoisotopic (exact) mass is 700 g/mol. The lowest BCUT2D eigenvalue weighted by molar-refractivity contribution is 0.461. The quantitative estimate of drug-likeness (QED) is 0.121. The fraction of sp³-hybridized carbons (Fsp3) is 0.231. The summed E-state index contributed by atoms with van der Waals surface area (Å²) in [5.74, 6) is 0. The molecule has 0 bridgehead atoms. The van der Waals surface area contributed by atoms with Crippen LogP contribution in [0.15, 0.2) is 133 Å². The van der Waals surface area contributed by atoms with E-state index < -0.39 is 0 Å². The van der Waals surface area contributed by atoms with Crippen LogP contribution in [-0.4, -0.2) is 13.1 Å². The molecule has 2 heteroatoms. The molecule has 0 spiro atoms. The first-order valence-corrected chi connectivity index (χ1v) is 20.3. The van der Waals surface area contributed by atoms with Crippen molar-refractivity contribution < 1.29 is 0 Å². The summed E-state index contributed by atoms with van der Waals surface area (Å²) in [4.78, 5) is 5.05. The predicted octanol–water partition coefficient (Wildman–Crippen LogP) is 13.8. The van der Waals surface area contributed by atoms with E-state index in [0.717, 1.165) is 38.8 Å². The number of hydrogen-bond donors (Lipinski definition) is 0. The first-order chi connectivity index (χ1) is 26.6. The van der Waals surface area contributed by atoms with Gasteiger partial charge in [-0.15, -0.1) is 0 Å². The molecule has 2 nitrogen and oxygen atoms in total. The molecule has 2 aliphatic heterocycles. The first-order valence-electron chi connectivity index (χ1n) is 20.3. The highest BCUT2D eigenvalue weighted by Gasteiger charge is 2.41. The van der Waals surface area contributed by atoms with Gasteiger partial charge in [0.05, 0.1) is 0 Å². The molecule has 0 amide bonds. The first kappa shape index (κ1) is 33.0. The second kappa shape index (κ2) is 13.4. The number of para-hydroxylation sites is 2. The van der Waals surface area contributed by atoms with Crippen molar-refractivity contribution in [1.29, 1.82) is 0 Å². The molecule has 2 heterocycles. The lowest BCUT2D eigenvalue weighted by atomic mass is 9.72. The Morgan fingerprint density at radius 3 is 1.74 bits per heavy atom. The van der Waals surface area contributed by atoms with Gasteiger partial charge in [-0.3, -0.25) is 0 Å². The average molecular weight is 701 g/mol. The van der Waals surface area contributed by atoms with Crippen LogP contribution in [0.25, 0.3) is 44.8 Å². The molecule has 266 valence electrons. The van der Waals surface area contributed by atoms with Gasteiger partial charge >= 0.3 is 0 Å². The van der Waals surface area contributed by atoms with E-state index in [1.807, 2.05) is 0 Å². The van der Waals surface area contributed by atoms with Crippen molar-refractivity contribution in [2.45, 2.75) is 64.2 Å². The molecular formula is C52H48N2. The molecular weight excluding hydrogens is 653 g/mol. The molecule has 0 aromatic heterocycles. The van der Waals surface area contributed by atoms with Crippen LogP contribution in [0.1, 0.15) is 79.3 Å². The Kier molecular flexibility index (Phi) is 8.17. The highest BCUT2D eigenvalue weighted by Crippen LogP contribution is 2.55. The molecule has 10 rings (SSSR count). The minimum Gasteiger partial charge on any atom is -0.341 e.